The van der Waals surface area contributed by atoms with E-state index in [9.17, 15) is 18.0 Å². The number of carbonyl (C=O) groups excluding carboxylic acids is 1. The minimum Gasteiger partial charge on any atom is -0.351 e. The van der Waals surface area contributed by atoms with E-state index in [1.165, 1.54) is 0 Å². The molecule has 0 aromatic rings. The Bertz CT molecular complexity index is 291. The van der Waals surface area contributed by atoms with Crippen molar-refractivity contribution in [3.8, 4) is 12.3 Å². The molecule has 0 spiro atoms. The van der Waals surface area contributed by atoms with E-state index in [4.69, 9.17) is 12.2 Å². The van der Waals surface area contributed by atoms with Gasteiger partial charge in [0, 0.05) is 12.5 Å². The lowest BCUT2D eigenvalue weighted by Gasteiger charge is -2.28. The smallest absolute Gasteiger partial charge is 0.351 e. The van der Waals surface area contributed by atoms with Crippen molar-refractivity contribution >= 4 is 5.91 Å². The van der Waals surface area contributed by atoms with Gasteiger partial charge < -0.3 is 11.1 Å². The van der Waals surface area contributed by atoms with Gasteiger partial charge in [0.2, 0.25) is 5.91 Å². The maximum atomic E-state index is 12.4. The number of hydrogen-bond donors (Lipinski definition) is 2. The van der Waals surface area contributed by atoms with Gasteiger partial charge in [-0.05, 0) is 13.3 Å². The van der Waals surface area contributed by atoms with E-state index in [-0.39, 0.29) is 6.42 Å². The molecule has 0 aliphatic rings. The van der Waals surface area contributed by atoms with Crippen LogP contribution in [0.25, 0.3) is 0 Å². The van der Waals surface area contributed by atoms with Crippen molar-refractivity contribution in [3.63, 3.8) is 0 Å². The summed E-state index contributed by atoms with van der Waals surface area (Å²) in [5, 5.41) is 2.19. The summed E-state index contributed by atoms with van der Waals surface area (Å²) in [4.78, 5) is 11.3. The minimum absolute atomic E-state index is 0.177. The van der Waals surface area contributed by atoms with E-state index in [1.807, 2.05) is 0 Å². The van der Waals surface area contributed by atoms with Crippen LogP contribution in [0.3, 0.4) is 0 Å². The van der Waals surface area contributed by atoms with Crippen molar-refractivity contribution < 1.29 is 18.0 Å². The molecule has 0 aliphatic heterocycles. The molecule has 0 aliphatic carbocycles. The third kappa shape index (κ3) is 3.42. The van der Waals surface area contributed by atoms with Crippen LogP contribution in [-0.2, 0) is 4.79 Å². The number of amides is 1. The van der Waals surface area contributed by atoms with E-state index in [0.717, 1.165) is 0 Å². The molecule has 92 valence electrons. The average Bonchev–Trinajstić information content (AvgIpc) is 2.15. The molecule has 0 saturated carbocycles. The van der Waals surface area contributed by atoms with Gasteiger partial charge in [0.15, 0.2) is 5.54 Å². The average molecular weight is 236 g/mol. The zero-order valence-electron chi connectivity index (χ0n) is 9.19. The van der Waals surface area contributed by atoms with Gasteiger partial charge in [0.25, 0.3) is 0 Å². The lowest BCUT2D eigenvalue weighted by atomic mass is 10.0. The van der Waals surface area contributed by atoms with Crippen LogP contribution in [0, 0.1) is 12.3 Å². The molecule has 0 heterocycles. The van der Waals surface area contributed by atoms with Gasteiger partial charge in [0.05, 0.1) is 0 Å². The zero-order valence-corrected chi connectivity index (χ0v) is 9.19. The van der Waals surface area contributed by atoms with Crippen LogP contribution in [0.4, 0.5) is 13.2 Å². The fraction of sp³-hybridized carbons (Fsp3) is 0.700. The SMILES string of the molecule is C#CCC(CC)NC(=O)C(C)(N)C(F)(F)F. The zero-order chi connectivity index (χ0) is 13.0. The summed E-state index contributed by atoms with van der Waals surface area (Å²) in [6.45, 7) is 2.34. The van der Waals surface area contributed by atoms with E-state index < -0.39 is 23.7 Å². The fourth-order valence-electron chi connectivity index (χ4n) is 0.904. The first-order valence-corrected chi connectivity index (χ1v) is 4.76. The molecule has 1 amide bonds. The first-order chi connectivity index (χ1) is 7.16. The molecular weight excluding hydrogens is 221 g/mol. The normalized spacial score (nSPS) is 17.1. The Labute approximate surface area is 92.6 Å². The molecule has 2 unspecified atom stereocenters. The molecule has 2 atom stereocenters. The maximum absolute atomic E-state index is 12.4. The number of nitrogens with two attached hydrogens (primary N) is 1. The highest BCUT2D eigenvalue weighted by Gasteiger charge is 2.54. The van der Waals surface area contributed by atoms with E-state index in [0.29, 0.717) is 13.3 Å². The van der Waals surface area contributed by atoms with Crippen LogP contribution >= 0.6 is 0 Å². The van der Waals surface area contributed by atoms with Gasteiger partial charge in [-0.1, -0.05) is 6.92 Å². The van der Waals surface area contributed by atoms with Crippen LogP contribution in [0.15, 0.2) is 0 Å². The summed E-state index contributed by atoms with van der Waals surface area (Å²) in [6, 6.07) is -0.484. The van der Waals surface area contributed by atoms with Crippen LogP contribution in [-0.4, -0.2) is 23.7 Å². The van der Waals surface area contributed by atoms with Gasteiger partial charge in [-0.25, -0.2) is 0 Å². The molecule has 0 bridgehead atoms. The van der Waals surface area contributed by atoms with Crippen LogP contribution in [0.5, 0.6) is 0 Å². The number of hydrogen-bond acceptors (Lipinski definition) is 2. The van der Waals surface area contributed by atoms with Crippen LogP contribution in [0.2, 0.25) is 0 Å². The van der Waals surface area contributed by atoms with Crippen molar-refractivity contribution in [2.24, 2.45) is 5.73 Å². The fourth-order valence-corrected chi connectivity index (χ4v) is 0.904. The van der Waals surface area contributed by atoms with Crippen molar-refractivity contribution in [1.82, 2.24) is 5.32 Å². The Balaban J connectivity index is 4.64. The molecule has 0 aromatic heterocycles. The Morgan fingerprint density at radius 2 is 2.06 bits per heavy atom. The molecular formula is C10H15F3N2O. The van der Waals surface area contributed by atoms with E-state index >= 15 is 0 Å². The quantitative estimate of drug-likeness (QED) is 0.720. The maximum Gasteiger partial charge on any atom is 0.415 e. The van der Waals surface area contributed by atoms with Crippen molar-refractivity contribution in [2.75, 3.05) is 0 Å². The number of carbonyl (C=O) groups is 1. The second kappa shape index (κ2) is 5.21. The monoisotopic (exact) mass is 236 g/mol. The summed E-state index contributed by atoms with van der Waals surface area (Å²) in [5.41, 5.74) is 2.05. The summed E-state index contributed by atoms with van der Waals surface area (Å²) in [6.07, 6.45) is 0.860. The number of rotatable bonds is 4. The van der Waals surface area contributed by atoms with Gasteiger partial charge in [-0.3, -0.25) is 4.79 Å². The molecule has 3 nitrogen and oxygen atoms in total. The Hall–Kier alpha value is -1.22. The first-order valence-electron chi connectivity index (χ1n) is 4.76. The molecule has 16 heavy (non-hydrogen) atoms. The first kappa shape index (κ1) is 14.8. The topological polar surface area (TPSA) is 55.1 Å². The van der Waals surface area contributed by atoms with Gasteiger partial charge in [-0.15, -0.1) is 12.3 Å². The van der Waals surface area contributed by atoms with Gasteiger partial charge in [0.1, 0.15) is 0 Å². The number of halogens is 3. The predicted octanol–water partition coefficient (Wildman–Crippen LogP) is 1.18. The molecule has 0 rings (SSSR count). The lowest BCUT2D eigenvalue weighted by molar-refractivity contribution is -0.187. The summed E-state index contributed by atoms with van der Waals surface area (Å²) in [5.74, 6) is 1.02. The van der Waals surface area contributed by atoms with Gasteiger partial charge >= 0.3 is 6.18 Å². The highest BCUT2D eigenvalue weighted by atomic mass is 19.4. The van der Waals surface area contributed by atoms with E-state index in [2.05, 4.69) is 11.2 Å². The van der Waals surface area contributed by atoms with Crippen molar-refractivity contribution in [2.45, 2.75) is 44.4 Å². The summed E-state index contributed by atoms with van der Waals surface area (Å²) >= 11 is 0. The highest BCUT2D eigenvalue weighted by Crippen LogP contribution is 2.28. The summed E-state index contributed by atoms with van der Waals surface area (Å²) in [7, 11) is 0. The van der Waals surface area contributed by atoms with Crippen molar-refractivity contribution in [3.05, 3.63) is 0 Å². The third-order valence-electron chi connectivity index (χ3n) is 2.25. The second-order valence-corrected chi connectivity index (χ2v) is 3.69. The predicted molar refractivity (Wildman–Crippen MR) is 54.3 cm³/mol. The molecule has 0 aromatic carbocycles. The third-order valence-corrected chi connectivity index (χ3v) is 2.25. The lowest BCUT2D eigenvalue weighted by Crippen LogP contribution is -2.62. The Morgan fingerprint density at radius 1 is 1.56 bits per heavy atom. The standard InChI is InChI=1S/C10H15F3N2O/c1-4-6-7(5-2)15-8(16)9(3,14)10(11,12)13/h1,7H,5-6,14H2,2-3H3,(H,15,16). The number of nitrogens with one attached hydrogen (secondary N) is 1. The van der Waals surface area contributed by atoms with Crippen LogP contribution < -0.4 is 11.1 Å². The van der Waals surface area contributed by atoms with E-state index in [1.54, 1.807) is 6.92 Å². The molecule has 0 saturated heterocycles. The molecule has 0 fully saturated rings. The summed E-state index contributed by atoms with van der Waals surface area (Å²) < 4.78 is 37.2. The van der Waals surface area contributed by atoms with Crippen molar-refractivity contribution in [1.29, 1.82) is 0 Å². The highest BCUT2D eigenvalue weighted by molar-refractivity contribution is 5.86. The molecule has 0 radical (unpaired) electrons. The Kier molecular flexibility index (Phi) is 4.81. The second-order valence-electron chi connectivity index (χ2n) is 3.69. The largest absolute Gasteiger partial charge is 0.415 e. The number of terminal acetylenes is 1. The molecule has 3 N–H and O–H groups in total. The van der Waals surface area contributed by atoms with Gasteiger partial charge in [-0.2, -0.15) is 13.2 Å². The minimum atomic E-state index is -4.79. The Morgan fingerprint density at radius 3 is 2.38 bits per heavy atom. The number of alkyl halides is 3. The molecule has 6 heteroatoms. The van der Waals surface area contributed by atoms with Crippen LogP contribution in [0.1, 0.15) is 26.7 Å².